The molecule has 56 valence electrons. The van der Waals surface area contributed by atoms with Gasteiger partial charge in [-0.05, 0) is 5.25 Å². The Bertz CT molecular complexity index is 105. The molecular formula is C9H14S. The molecule has 0 nitrogen and oxygen atoms in total. The van der Waals surface area contributed by atoms with Gasteiger partial charge in [-0.1, -0.05) is 50.2 Å². The fourth-order valence-electron chi connectivity index (χ4n) is 0.385. The molecule has 0 bridgehead atoms. The van der Waals surface area contributed by atoms with Crippen LogP contribution in [0.4, 0.5) is 0 Å². The third-order valence-electron chi connectivity index (χ3n) is 0.667. The summed E-state index contributed by atoms with van der Waals surface area (Å²) < 4.78 is 0. The number of hydrogen-bond donors (Lipinski definition) is 1. The minimum atomic E-state index is 0.528. The van der Waals surface area contributed by atoms with Gasteiger partial charge in [0.15, 0.2) is 0 Å². The van der Waals surface area contributed by atoms with Crippen LogP contribution in [0.2, 0.25) is 0 Å². The van der Waals surface area contributed by atoms with Crippen molar-refractivity contribution in [3.63, 3.8) is 0 Å². The standard InChI is InChI=1S/C6H6.C3H8S/c1-2-4-6-5-3-1;1-3(2)4/h1-6H;3-4H,1-2H3. The first-order valence-electron chi connectivity index (χ1n) is 3.41. The largest absolute Gasteiger partial charge is 0.177 e. The van der Waals surface area contributed by atoms with E-state index in [4.69, 9.17) is 0 Å². The van der Waals surface area contributed by atoms with Gasteiger partial charge in [-0.25, -0.2) is 0 Å². The van der Waals surface area contributed by atoms with Gasteiger partial charge in [0, 0.05) is 0 Å². The van der Waals surface area contributed by atoms with E-state index in [2.05, 4.69) is 12.6 Å². The molecule has 0 unspecified atom stereocenters. The summed E-state index contributed by atoms with van der Waals surface area (Å²) in [5.41, 5.74) is 0. The predicted octanol–water partition coefficient (Wildman–Crippen LogP) is 3.01. The third-order valence-corrected chi connectivity index (χ3v) is 0.667. The summed E-state index contributed by atoms with van der Waals surface area (Å²) in [5, 5.41) is 0.528. The summed E-state index contributed by atoms with van der Waals surface area (Å²) >= 11 is 3.97. The summed E-state index contributed by atoms with van der Waals surface area (Å²) in [7, 11) is 0. The molecule has 0 saturated heterocycles. The van der Waals surface area contributed by atoms with Crippen molar-refractivity contribution in [2.45, 2.75) is 19.1 Å². The van der Waals surface area contributed by atoms with Crippen molar-refractivity contribution in [2.24, 2.45) is 0 Å². The number of benzene rings is 1. The topological polar surface area (TPSA) is 0 Å². The molecule has 0 aliphatic heterocycles. The maximum Gasteiger partial charge on any atom is -0.00399 e. The van der Waals surface area contributed by atoms with Crippen LogP contribution >= 0.6 is 12.6 Å². The van der Waals surface area contributed by atoms with E-state index in [1.165, 1.54) is 0 Å². The first-order valence-corrected chi connectivity index (χ1v) is 3.93. The Balaban J connectivity index is 0.000000180. The first-order chi connectivity index (χ1) is 4.73. The van der Waals surface area contributed by atoms with Crippen LogP contribution in [-0.4, -0.2) is 5.25 Å². The molecule has 0 radical (unpaired) electrons. The first kappa shape index (κ1) is 9.57. The van der Waals surface area contributed by atoms with Crippen molar-refractivity contribution >= 4 is 12.6 Å². The molecular weight excluding hydrogens is 140 g/mol. The Kier molecular flexibility index (Phi) is 6.40. The van der Waals surface area contributed by atoms with Crippen molar-refractivity contribution in [1.82, 2.24) is 0 Å². The van der Waals surface area contributed by atoms with Crippen LogP contribution < -0.4 is 0 Å². The monoisotopic (exact) mass is 154 g/mol. The Labute approximate surface area is 68.7 Å². The van der Waals surface area contributed by atoms with E-state index >= 15 is 0 Å². The maximum absolute atomic E-state index is 3.97. The lowest BCUT2D eigenvalue weighted by Crippen LogP contribution is -1.71. The third kappa shape index (κ3) is 10.5. The molecule has 0 spiro atoms. The molecule has 0 aliphatic rings. The zero-order valence-corrected chi connectivity index (χ0v) is 7.38. The average molecular weight is 154 g/mol. The van der Waals surface area contributed by atoms with E-state index < -0.39 is 0 Å². The SMILES string of the molecule is CC(C)S.c1ccccc1. The van der Waals surface area contributed by atoms with Crippen LogP contribution in [0.1, 0.15) is 13.8 Å². The Morgan fingerprint density at radius 3 is 1.00 bits per heavy atom. The van der Waals surface area contributed by atoms with Gasteiger partial charge < -0.3 is 0 Å². The van der Waals surface area contributed by atoms with Crippen molar-refractivity contribution in [3.8, 4) is 0 Å². The van der Waals surface area contributed by atoms with Gasteiger partial charge in [0.1, 0.15) is 0 Å². The van der Waals surface area contributed by atoms with E-state index in [9.17, 15) is 0 Å². The lowest BCUT2D eigenvalue weighted by atomic mass is 10.4. The number of hydrogen-bond acceptors (Lipinski definition) is 1. The zero-order valence-electron chi connectivity index (χ0n) is 6.49. The summed E-state index contributed by atoms with van der Waals surface area (Å²) in [6.07, 6.45) is 0. The molecule has 1 rings (SSSR count). The molecule has 1 aromatic rings. The second-order valence-electron chi connectivity index (χ2n) is 2.25. The van der Waals surface area contributed by atoms with E-state index in [1.807, 2.05) is 50.2 Å². The van der Waals surface area contributed by atoms with Gasteiger partial charge in [-0.3, -0.25) is 0 Å². The van der Waals surface area contributed by atoms with Crippen molar-refractivity contribution < 1.29 is 0 Å². The highest BCUT2D eigenvalue weighted by atomic mass is 32.1. The average Bonchev–Trinajstić information content (AvgIpc) is 1.90. The Morgan fingerprint density at radius 2 is 0.900 bits per heavy atom. The van der Waals surface area contributed by atoms with Crippen molar-refractivity contribution in [2.75, 3.05) is 0 Å². The van der Waals surface area contributed by atoms with Gasteiger partial charge in [0.2, 0.25) is 0 Å². The number of rotatable bonds is 0. The molecule has 0 aliphatic carbocycles. The van der Waals surface area contributed by atoms with Crippen LogP contribution in [-0.2, 0) is 0 Å². The highest BCUT2D eigenvalue weighted by Gasteiger charge is 1.69. The van der Waals surface area contributed by atoms with Gasteiger partial charge in [-0.15, -0.1) is 0 Å². The van der Waals surface area contributed by atoms with Crippen LogP contribution in [0.3, 0.4) is 0 Å². The second kappa shape index (κ2) is 6.69. The molecule has 0 amide bonds. The Hall–Kier alpha value is -0.430. The van der Waals surface area contributed by atoms with E-state index in [-0.39, 0.29) is 0 Å². The molecule has 0 atom stereocenters. The summed E-state index contributed by atoms with van der Waals surface area (Å²) in [5.74, 6) is 0. The Morgan fingerprint density at radius 1 is 0.800 bits per heavy atom. The molecule has 1 heteroatoms. The van der Waals surface area contributed by atoms with Gasteiger partial charge in [0.25, 0.3) is 0 Å². The van der Waals surface area contributed by atoms with E-state index in [1.54, 1.807) is 0 Å². The number of thiol groups is 1. The molecule has 0 saturated carbocycles. The van der Waals surface area contributed by atoms with Crippen LogP contribution in [0.15, 0.2) is 36.4 Å². The zero-order chi connectivity index (χ0) is 7.82. The highest BCUT2D eigenvalue weighted by molar-refractivity contribution is 7.80. The molecule has 1 aromatic carbocycles. The van der Waals surface area contributed by atoms with Crippen molar-refractivity contribution in [3.05, 3.63) is 36.4 Å². The quantitative estimate of drug-likeness (QED) is 0.546. The lowest BCUT2D eigenvalue weighted by Gasteiger charge is -1.78. The van der Waals surface area contributed by atoms with Crippen molar-refractivity contribution in [1.29, 1.82) is 0 Å². The summed E-state index contributed by atoms with van der Waals surface area (Å²) in [6.45, 7) is 4.06. The lowest BCUT2D eigenvalue weighted by molar-refractivity contribution is 1.13. The second-order valence-corrected chi connectivity index (χ2v) is 3.28. The normalized spacial score (nSPS) is 8.40. The van der Waals surface area contributed by atoms with Gasteiger partial charge >= 0.3 is 0 Å². The summed E-state index contributed by atoms with van der Waals surface area (Å²) in [6, 6.07) is 12.0. The maximum atomic E-state index is 3.97. The minimum absolute atomic E-state index is 0.528. The molecule has 0 fully saturated rings. The van der Waals surface area contributed by atoms with Gasteiger partial charge in [-0.2, -0.15) is 12.6 Å². The minimum Gasteiger partial charge on any atom is -0.177 e. The highest BCUT2D eigenvalue weighted by Crippen LogP contribution is 1.83. The van der Waals surface area contributed by atoms with E-state index in [0.717, 1.165) is 0 Å². The van der Waals surface area contributed by atoms with Crippen LogP contribution in [0, 0.1) is 0 Å². The fraction of sp³-hybridized carbons (Fsp3) is 0.333. The smallest absolute Gasteiger partial charge is 0.00399 e. The van der Waals surface area contributed by atoms with Crippen LogP contribution in [0.5, 0.6) is 0 Å². The molecule has 10 heavy (non-hydrogen) atoms. The summed E-state index contributed by atoms with van der Waals surface area (Å²) in [4.78, 5) is 0. The molecule has 0 N–H and O–H groups in total. The molecule has 0 aromatic heterocycles. The predicted molar refractivity (Wildman–Crippen MR) is 50.6 cm³/mol. The molecule has 0 heterocycles. The van der Waals surface area contributed by atoms with E-state index in [0.29, 0.717) is 5.25 Å². The fourth-order valence-corrected chi connectivity index (χ4v) is 0.385. The van der Waals surface area contributed by atoms with Gasteiger partial charge in [0.05, 0.1) is 0 Å². The van der Waals surface area contributed by atoms with Crippen LogP contribution in [0.25, 0.3) is 0 Å².